The van der Waals surface area contributed by atoms with Crippen molar-refractivity contribution in [2.45, 2.75) is 12.1 Å². The van der Waals surface area contributed by atoms with Gasteiger partial charge in [-0.3, -0.25) is 4.79 Å². The minimum atomic E-state index is -0.119. The van der Waals surface area contributed by atoms with Crippen LogP contribution in [-0.4, -0.2) is 21.9 Å². The first kappa shape index (κ1) is 16.7. The molecule has 24 heavy (non-hydrogen) atoms. The normalized spacial score (nSPS) is 10.6. The van der Waals surface area contributed by atoms with Gasteiger partial charge in [0.05, 0.1) is 11.3 Å². The predicted molar refractivity (Wildman–Crippen MR) is 98.0 cm³/mol. The van der Waals surface area contributed by atoms with Crippen molar-refractivity contribution < 1.29 is 9.21 Å². The van der Waals surface area contributed by atoms with Gasteiger partial charge in [0.1, 0.15) is 0 Å². The van der Waals surface area contributed by atoms with Gasteiger partial charge in [0.15, 0.2) is 0 Å². The third-order valence-corrected chi connectivity index (χ3v) is 4.65. The first-order valence-corrected chi connectivity index (χ1v) is 8.97. The molecule has 1 amide bonds. The molecule has 0 aliphatic rings. The molecular formula is C17H14BrN3O2S. The number of nitrogens with one attached hydrogen (secondary N) is 1. The Morgan fingerprint density at radius 3 is 2.83 bits per heavy atom. The third-order valence-electron chi connectivity index (χ3n) is 3.14. The molecule has 0 spiro atoms. The van der Waals surface area contributed by atoms with Crippen molar-refractivity contribution in [3.8, 4) is 11.5 Å². The summed E-state index contributed by atoms with van der Waals surface area (Å²) < 4.78 is 6.48. The summed E-state index contributed by atoms with van der Waals surface area (Å²) in [4.78, 5) is 12.0. The second-order valence-electron chi connectivity index (χ2n) is 5.06. The molecule has 0 bridgehead atoms. The van der Waals surface area contributed by atoms with Crippen LogP contribution in [0.2, 0.25) is 0 Å². The smallest absolute Gasteiger partial charge is 0.277 e. The van der Waals surface area contributed by atoms with Gasteiger partial charge >= 0.3 is 0 Å². The molecule has 0 saturated carbocycles. The fraction of sp³-hybridized carbons (Fsp3) is 0.118. The number of carbonyl (C=O) groups excluding carboxylic acids is 1. The van der Waals surface area contributed by atoms with E-state index in [1.54, 1.807) is 0 Å². The highest BCUT2D eigenvalue weighted by Gasteiger charge is 2.13. The molecule has 7 heteroatoms. The van der Waals surface area contributed by atoms with Crippen LogP contribution in [0.1, 0.15) is 5.56 Å². The van der Waals surface area contributed by atoms with Crippen molar-refractivity contribution >= 4 is 39.3 Å². The van der Waals surface area contributed by atoms with Crippen LogP contribution >= 0.6 is 27.7 Å². The van der Waals surface area contributed by atoms with Crippen molar-refractivity contribution in [3.63, 3.8) is 0 Å². The number of anilines is 1. The molecule has 1 heterocycles. The lowest BCUT2D eigenvalue weighted by Crippen LogP contribution is -2.13. The van der Waals surface area contributed by atoms with Gasteiger partial charge in [-0.25, -0.2) is 0 Å². The van der Waals surface area contributed by atoms with Gasteiger partial charge in [-0.05, 0) is 52.7 Å². The number of thioether (sulfide) groups is 1. The minimum Gasteiger partial charge on any atom is -0.411 e. The quantitative estimate of drug-likeness (QED) is 0.633. The van der Waals surface area contributed by atoms with E-state index in [0.717, 1.165) is 21.3 Å². The summed E-state index contributed by atoms with van der Waals surface area (Å²) in [6.07, 6.45) is 0. The first-order valence-electron chi connectivity index (χ1n) is 7.19. The van der Waals surface area contributed by atoms with E-state index in [9.17, 15) is 4.79 Å². The van der Waals surface area contributed by atoms with Gasteiger partial charge in [-0.1, -0.05) is 36.0 Å². The SMILES string of the molecule is Cc1cccc(NC(=O)CSc2nnc(-c3ccccc3Br)o2)c1. The standard InChI is InChI=1S/C17H14BrN3O2S/c1-11-5-4-6-12(9-11)19-15(22)10-24-17-21-20-16(23-17)13-7-2-3-8-14(13)18/h2-9H,10H2,1H3,(H,19,22). The second kappa shape index (κ2) is 7.63. The molecule has 0 unspecified atom stereocenters. The summed E-state index contributed by atoms with van der Waals surface area (Å²) in [5.74, 6) is 0.501. The summed E-state index contributed by atoms with van der Waals surface area (Å²) in [6, 6.07) is 15.2. The van der Waals surface area contributed by atoms with Crippen LogP contribution in [0.25, 0.3) is 11.5 Å². The van der Waals surface area contributed by atoms with Crippen molar-refractivity contribution in [3.05, 3.63) is 58.6 Å². The summed E-state index contributed by atoms with van der Waals surface area (Å²) in [7, 11) is 0. The maximum absolute atomic E-state index is 12.0. The Hall–Kier alpha value is -2.12. The molecule has 0 radical (unpaired) electrons. The highest BCUT2D eigenvalue weighted by Crippen LogP contribution is 2.28. The van der Waals surface area contributed by atoms with Gasteiger partial charge < -0.3 is 9.73 Å². The predicted octanol–water partition coefficient (Wildman–Crippen LogP) is 4.54. The number of benzene rings is 2. The van der Waals surface area contributed by atoms with Crippen molar-refractivity contribution in [1.82, 2.24) is 10.2 Å². The summed E-state index contributed by atoms with van der Waals surface area (Å²) in [5, 5.41) is 11.2. The van der Waals surface area contributed by atoms with E-state index in [1.807, 2.05) is 55.5 Å². The third kappa shape index (κ3) is 4.24. The molecule has 2 aromatic carbocycles. The van der Waals surface area contributed by atoms with Crippen molar-refractivity contribution in [2.75, 3.05) is 11.1 Å². The van der Waals surface area contributed by atoms with Crippen LogP contribution in [-0.2, 0) is 4.79 Å². The molecule has 3 aromatic rings. The molecule has 1 aromatic heterocycles. The Morgan fingerprint density at radius 1 is 1.21 bits per heavy atom. The largest absolute Gasteiger partial charge is 0.411 e. The van der Waals surface area contributed by atoms with E-state index in [0.29, 0.717) is 11.1 Å². The second-order valence-corrected chi connectivity index (χ2v) is 6.84. The van der Waals surface area contributed by atoms with Crippen LogP contribution in [0.3, 0.4) is 0 Å². The van der Waals surface area contributed by atoms with Crippen molar-refractivity contribution in [1.29, 1.82) is 0 Å². The van der Waals surface area contributed by atoms with Crippen LogP contribution in [0.15, 0.2) is 62.6 Å². The topological polar surface area (TPSA) is 68.0 Å². The zero-order valence-electron chi connectivity index (χ0n) is 12.8. The molecule has 0 aliphatic carbocycles. The maximum Gasteiger partial charge on any atom is 0.277 e. The molecule has 0 fully saturated rings. The average Bonchev–Trinajstić information content (AvgIpc) is 3.02. The van der Waals surface area contributed by atoms with E-state index in [1.165, 1.54) is 11.8 Å². The Morgan fingerprint density at radius 2 is 2.04 bits per heavy atom. The zero-order chi connectivity index (χ0) is 16.9. The first-order chi connectivity index (χ1) is 11.6. The number of rotatable bonds is 5. The van der Waals surface area contributed by atoms with Crippen molar-refractivity contribution in [2.24, 2.45) is 0 Å². The number of aryl methyl sites for hydroxylation is 1. The Kier molecular flexibility index (Phi) is 5.32. The van der Waals surface area contributed by atoms with E-state index < -0.39 is 0 Å². The molecule has 5 nitrogen and oxygen atoms in total. The highest BCUT2D eigenvalue weighted by molar-refractivity contribution is 9.10. The molecule has 0 aliphatic heterocycles. The van der Waals surface area contributed by atoms with Gasteiger partial charge in [0.2, 0.25) is 11.8 Å². The van der Waals surface area contributed by atoms with E-state index in [2.05, 4.69) is 31.4 Å². The molecule has 3 rings (SSSR count). The maximum atomic E-state index is 12.0. The highest BCUT2D eigenvalue weighted by atomic mass is 79.9. The average molecular weight is 404 g/mol. The molecule has 1 N–H and O–H groups in total. The number of carbonyl (C=O) groups is 1. The Bertz CT molecular complexity index is 866. The summed E-state index contributed by atoms with van der Waals surface area (Å²) in [5.41, 5.74) is 2.69. The fourth-order valence-corrected chi connectivity index (χ4v) is 3.08. The van der Waals surface area contributed by atoms with Crippen LogP contribution in [0.4, 0.5) is 5.69 Å². The van der Waals surface area contributed by atoms with E-state index >= 15 is 0 Å². The number of nitrogens with zero attached hydrogens (tertiary/aromatic N) is 2. The minimum absolute atomic E-state index is 0.119. The van der Waals surface area contributed by atoms with E-state index in [-0.39, 0.29) is 11.7 Å². The number of hydrogen-bond acceptors (Lipinski definition) is 5. The lowest BCUT2D eigenvalue weighted by atomic mass is 10.2. The molecule has 122 valence electrons. The van der Waals surface area contributed by atoms with Crippen LogP contribution in [0.5, 0.6) is 0 Å². The van der Waals surface area contributed by atoms with Gasteiger partial charge in [0, 0.05) is 10.2 Å². The monoisotopic (exact) mass is 403 g/mol. The molecule has 0 saturated heterocycles. The lowest BCUT2D eigenvalue weighted by Gasteiger charge is -2.04. The number of halogens is 1. The number of aromatic nitrogens is 2. The summed E-state index contributed by atoms with van der Waals surface area (Å²) in [6.45, 7) is 1.98. The van der Waals surface area contributed by atoms with Gasteiger partial charge in [-0.2, -0.15) is 0 Å². The molecular weight excluding hydrogens is 390 g/mol. The summed E-state index contributed by atoms with van der Waals surface area (Å²) >= 11 is 4.65. The van der Waals surface area contributed by atoms with E-state index in [4.69, 9.17) is 4.42 Å². The number of amides is 1. The number of hydrogen-bond donors (Lipinski definition) is 1. The lowest BCUT2D eigenvalue weighted by molar-refractivity contribution is -0.113. The zero-order valence-corrected chi connectivity index (χ0v) is 15.2. The fourth-order valence-electron chi connectivity index (χ4n) is 2.06. The Labute approximate surface area is 152 Å². The molecule has 0 atom stereocenters. The Balaban J connectivity index is 1.59. The van der Waals surface area contributed by atoms with Gasteiger partial charge in [-0.15, -0.1) is 10.2 Å². The van der Waals surface area contributed by atoms with Crippen LogP contribution in [0, 0.1) is 6.92 Å². The van der Waals surface area contributed by atoms with Crippen LogP contribution < -0.4 is 5.32 Å². The van der Waals surface area contributed by atoms with Gasteiger partial charge in [0.25, 0.3) is 5.22 Å².